The molecule has 4 rings (SSSR count). The second kappa shape index (κ2) is 8.96. The lowest BCUT2D eigenvalue weighted by Gasteiger charge is -2.55. The predicted molar refractivity (Wildman–Crippen MR) is 127 cm³/mol. The van der Waals surface area contributed by atoms with Crippen molar-refractivity contribution < 1.29 is 9.90 Å². The Morgan fingerprint density at radius 3 is 2.68 bits per heavy atom. The molecule has 5 atom stereocenters. The molecule has 2 aliphatic carbocycles. The van der Waals surface area contributed by atoms with Gasteiger partial charge in [0.05, 0.1) is 11.8 Å². The molecule has 4 heteroatoms. The van der Waals surface area contributed by atoms with E-state index < -0.39 is 0 Å². The molecule has 0 spiro atoms. The standard InChI is InChI=1S/C27H34N2O2/c1-4-28-24-12-11-23(14-18(24)2)29-26(31)17-27(21-8-6-5-7-9-21)19(3)15-20-16-22(27)10-13-25(20)30/h4-9,11-12,14,19-20,22,25,30H,10,13,15-17H2,1-3H3,(H,29,31)/b28-4-. The van der Waals surface area contributed by atoms with Gasteiger partial charge in [-0.1, -0.05) is 37.3 Å². The lowest BCUT2D eigenvalue weighted by atomic mass is 9.50. The van der Waals surface area contributed by atoms with Gasteiger partial charge in [0.2, 0.25) is 5.91 Å². The third-order valence-electron chi connectivity index (χ3n) is 7.72. The average molecular weight is 419 g/mol. The fourth-order valence-corrected chi connectivity index (χ4v) is 6.21. The van der Waals surface area contributed by atoms with Crippen molar-refractivity contribution in [2.75, 3.05) is 5.32 Å². The van der Waals surface area contributed by atoms with Gasteiger partial charge in [0.25, 0.3) is 0 Å². The highest BCUT2D eigenvalue weighted by molar-refractivity contribution is 5.92. The number of fused-ring (bicyclic) bond motifs is 2. The lowest BCUT2D eigenvalue weighted by Crippen LogP contribution is -2.52. The number of carbonyl (C=O) groups is 1. The summed E-state index contributed by atoms with van der Waals surface area (Å²) >= 11 is 0. The minimum atomic E-state index is -0.191. The normalized spacial score (nSPS) is 30.3. The maximum atomic E-state index is 13.4. The van der Waals surface area contributed by atoms with Crippen LogP contribution in [-0.2, 0) is 10.2 Å². The van der Waals surface area contributed by atoms with E-state index in [1.54, 1.807) is 6.21 Å². The molecule has 2 bridgehead atoms. The van der Waals surface area contributed by atoms with E-state index in [0.717, 1.165) is 42.6 Å². The van der Waals surface area contributed by atoms with Crippen molar-refractivity contribution in [3.05, 3.63) is 59.7 Å². The number of nitrogens with one attached hydrogen (secondary N) is 1. The first-order valence-corrected chi connectivity index (χ1v) is 11.6. The van der Waals surface area contributed by atoms with Crippen molar-refractivity contribution in [1.82, 2.24) is 0 Å². The molecule has 0 aromatic heterocycles. The monoisotopic (exact) mass is 418 g/mol. The Morgan fingerprint density at radius 1 is 1.19 bits per heavy atom. The molecule has 1 amide bonds. The summed E-state index contributed by atoms with van der Waals surface area (Å²) in [7, 11) is 0. The quantitative estimate of drug-likeness (QED) is 0.603. The summed E-state index contributed by atoms with van der Waals surface area (Å²) in [6, 6.07) is 16.5. The first kappa shape index (κ1) is 21.8. The van der Waals surface area contributed by atoms with Crippen LogP contribution in [-0.4, -0.2) is 23.3 Å². The Kier molecular flexibility index (Phi) is 6.29. The fourth-order valence-electron chi connectivity index (χ4n) is 6.21. The zero-order valence-electron chi connectivity index (χ0n) is 18.8. The summed E-state index contributed by atoms with van der Waals surface area (Å²) in [6.45, 7) is 6.19. The van der Waals surface area contributed by atoms with Crippen molar-refractivity contribution >= 4 is 23.5 Å². The van der Waals surface area contributed by atoms with E-state index in [4.69, 9.17) is 0 Å². The van der Waals surface area contributed by atoms with Crippen LogP contribution in [0.2, 0.25) is 0 Å². The highest BCUT2D eigenvalue weighted by atomic mass is 16.3. The van der Waals surface area contributed by atoms with Crippen molar-refractivity contribution in [1.29, 1.82) is 0 Å². The van der Waals surface area contributed by atoms with Crippen molar-refractivity contribution in [3.8, 4) is 0 Å². The van der Waals surface area contributed by atoms with E-state index in [2.05, 4.69) is 41.5 Å². The Bertz CT molecular complexity index is 953. The third-order valence-corrected chi connectivity index (χ3v) is 7.72. The van der Waals surface area contributed by atoms with Gasteiger partial charge in [0.1, 0.15) is 0 Å². The molecule has 2 aromatic carbocycles. The highest BCUT2D eigenvalue weighted by Gasteiger charge is 2.53. The molecule has 0 saturated heterocycles. The van der Waals surface area contributed by atoms with Crippen LogP contribution in [0.25, 0.3) is 0 Å². The number of hydrogen-bond donors (Lipinski definition) is 2. The van der Waals surface area contributed by atoms with Gasteiger partial charge in [-0.2, -0.15) is 0 Å². The van der Waals surface area contributed by atoms with E-state index in [-0.39, 0.29) is 17.4 Å². The van der Waals surface area contributed by atoms with Gasteiger partial charge in [0, 0.05) is 23.7 Å². The molecule has 2 N–H and O–H groups in total. The first-order chi connectivity index (χ1) is 14.9. The number of benzene rings is 2. The zero-order valence-corrected chi connectivity index (χ0v) is 18.8. The third kappa shape index (κ3) is 4.18. The molecule has 0 aliphatic heterocycles. The Morgan fingerprint density at radius 2 is 1.97 bits per heavy atom. The van der Waals surface area contributed by atoms with Crippen molar-refractivity contribution in [2.24, 2.45) is 22.7 Å². The number of amides is 1. The van der Waals surface area contributed by atoms with Crippen LogP contribution in [0.4, 0.5) is 11.4 Å². The van der Waals surface area contributed by atoms with E-state index >= 15 is 0 Å². The number of aliphatic hydroxyl groups excluding tert-OH is 1. The molecule has 0 radical (unpaired) electrons. The Hall–Kier alpha value is -2.46. The predicted octanol–water partition coefficient (Wildman–Crippen LogP) is 5.80. The summed E-state index contributed by atoms with van der Waals surface area (Å²) in [4.78, 5) is 17.7. The van der Waals surface area contributed by atoms with Gasteiger partial charge in [-0.05, 0) is 86.6 Å². The van der Waals surface area contributed by atoms with Crippen LogP contribution in [0.5, 0.6) is 0 Å². The number of aliphatic imine (C=N–C) groups is 1. The molecule has 4 nitrogen and oxygen atoms in total. The SMILES string of the molecule is C/C=N\c1ccc(NC(=O)CC2(c3ccccc3)C(C)CC3CC2CCC3O)cc1C. The second-order valence-electron chi connectivity index (χ2n) is 9.49. The topological polar surface area (TPSA) is 61.7 Å². The molecule has 2 saturated carbocycles. The van der Waals surface area contributed by atoms with Gasteiger partial charge in [-0.15, -0.1) is 0 Å². The molecule has 2 aromatic rings. The summed E-state index contributed by atoms with van der Waals surface area (Å²) in [5, 5.41) is 13.6. The molecule has 164 valence electrons. The Labute approximate surface area is 185 Å². The van der Waals surface area contributed by atoms with Crippen molar-refractivity contribution in [3.63, 3.8) is 0 Å². The average Bonchev–Trinajstić information content (AvgIpc) is 2.76. The molecule has 0 heterocycles. The minimum absolute atomic E-state index is 0.0615. The summed E-state index contributed by atoms with van der Waals surface area (Å²) in [5.74, 6) is 1.18. The maximum Gasteiger partial charge on any atom is 0.225 e. The summed E-state index contributed by atoms with van der Waals surface area (Å²) < 4.78 is 0. The van der Waals surface area contributed by atoms with Gasteiger partial charge >= 0.3 is 0 Å². The van der Waals surface area contributed by atoms with Crippen LogP contribution < -0.4 is 5.32 Å². The van der Waals surface area contributed by atoms with Gasteiger partial charge in [-0.3, -0.25) is 9.79 Å². The Balaban J connectivity index is 1.62. The van der Waals surface area contributed by atoms with Gasteiger partial charge in [-0.25, -0.2) is 0 Å². The van der Waals surface area contributed by atoms with Crippen LogP contribution in [0.15, 0.2) is 53.5 Å². The lowest BCUT2D eigenvalue weighted by molar-refractivity contribution is -0.121. The minimum Gasteiger partial charge on any atom is -0.393 e. The first-order valence-electron chi connectivity index (χ1n) is 11.6. The molecular weight excluding hydrogens is 384 g/mol. The number of aryl methyl sites for hydroxylation is 1. The van der Waals surface area contributed by atoms with Crippen LogP contribution in [0.3, 0.4) is 0 Å². The second-order valence-corrected chi connectivity index (χ2v) is 9.49. The molecule has 2 fully saturated rings. The van der Waals surface area contributed by atoms with Gasteiger partial charge in [0.15, 0.2) is 0 Å². The molecular formula is C27H34N2O2. The van der Waals surface area contributed by atoms with Crippen LogP contribution in [0, 0.1) is 24.7 Å². The number of aliphatic hydroxyl groups is 1. The van der Waals surface area contributed by atoms with E-state index in [9.17, 15) is 9.90 Å². The van der Waals surface area contributed by atoms with Crippen LogP contribution >= 0.6 is 0 Å². The zero-order chi connectivity index (χ0) is 22.0. The van der Waals surface area contributed by atoms with E-state index in [1.165, 1.54) is 5.56 Å². The molecule has 2 aliphatic rings. The number of rotatable bonds is 5. The van der Waals surface area contributed by atoms with E-state index in [1.807, 2.05) is 38.1 Å². The molecule has 5 unspecified atom stereocenters. The van der Waals surface area contributed by atoms with Crippen molar-refractivity contribution in [2.45, 2.75) is 64.4 Å². The van der Waals surface area contributed by atoms with Crippen LogP contribution in [0.1, 0.15) is 57.1 Å². The fraction of sp³-hybridized carbons (Fsp3) is 0.481. The summed E-state index contributed by atoms with van der Waals surface area (Å²) in [5.41, 5.74) is 3.86. The number of anilines is 1. The largest absolute Gasteiger partial charge is 0.393 e. The smallest absolute Gasteiger partial charge is 0.225 e. The summed E-state index contributed by atoms with van der Waals surface area (Å²) in [6.07, 6.45) is 5.87. The van der Waals surface area contributed by atoms with E-state index in [0.29, 0.717) is 24.2 Å². The molecule has 31 heavy (non-hydrogen) atoms. The van der Waals surface area contributed by atoms with Gasteiger partial charge < -0.3 is 10.4 Å². The highest BCUT2D eigenvalue weighted by Crippen LogP contribution is 2.56. The number of carbonyl (C=O) groups excluding carboxylic acids is 1. The number of hydrogen-bond acceptors (Lipinski definition) is 3. The maximum absolute atomic E-state index is 13.4. The number of nitrogens with zero attached hydrogens (tertiary/aromatic N) is 1.